The molecule has 0 saturated carbocycles. The molecule has 0 bridgehead atoms. The van der Waals surface area contributed by atoms with Crippen LogP contribution in [0.5, 0.6) is 17.2 Å². The van der Waals surface area contributed by atoms with Gasteiger partial charge in [0.25, 0.3) is 0 Å². The zero-order chi connectivity index (χ0) is 30.2. The number of amides is 1. The van der Waals surface area contributed by atoms with Gasteiger partial charge in [0.2, 0.25) is 15.9 Å². The number of anilines is 2. The van der Waals surface area contributed by atoms with Crippen molar-refractivity contribution in [1.29, 1.82) is 0 Å². The molecule has 41 heavy (non-hydrogen) atoms. The normalized spacial score (nSPS) is 13.7. The van der Waals surface area contributed by atoms with E-state index in [0.717, 1.165) is 12.8 Å². The maximum atomic E-state index is 13.8. The number of aliphatic hydroxyl groups is 1. The number of ether oxygens (including phenoxy) is 2. The highest BCUT2D eigenvalue weighted by atomic mass is 32.2. The van der Waals surface area contributed by atoms with Gasteiger partial charge in [-0.3, -0.25) is 14.8 Å². The van der Waals surface area contributed by atoms with Gasteiger partial charge >= 0.3 is 0 Å². The monoisotopic (exact) mass is 586 g/mol. The average molecular weight is 587 g/mol. The van der Waals surface area contributed by atoms with Crippen molar-refractivity contribution in [3.8, 4) is 17.2 Å². The molecular weight excluding hydrogens is 548 g/mol. The predicted octanol–water partition coefficient (Wildman–Crippen LogP) is 2.89. The topological polar surface area (TPSA) is 149 Å². The molecular formula is C29H38N4O7S. The van der Waals surface area contributed by atoms with Crippen molar-refractivity contribution in [3.05, 3.63) is 77.9 Å². The minimum atomic E-state index is -3.65. The first kappa shape index (κ1) is 31.7. The molecule has 11 nitrogen and oxygen atoms in total. The summed E-state index contributed by atoms with van der Waals surface area (Å²) in [6, 6.07) is 18.2. The second-order valence-electron chi connectivity index (χ2n) is 10.0. The van der Waals surface area contributed by atoms with E-state index in [1.807, 2.05) is 25.1 Å². The quantitative estimate of drug-likeness (QED) is 0.180. The number of aliphatic hydroxyl groups excluding tert-OH is 1. The number of benzene rings is 3. The lowest BCUT2D eigenvalue weighted by Crippen LogP contribution is -2.50. The molecule has 0 heterocycles. The lowest BCUT2D eigenvalue weighted by atomic mass is 9.90. The Hall–Kier alpha value is -3.84. The molecule has 1 unspecified atom stereocenters. The summed E-state index contributed by atoms with van der Waals surface area (Å²) in [5.41, 5.74) is 0.120. The molecule has 3 aromatic carbocycles. The van der Waals surface area contributed by atoms with Crippen molar-refractivity contribution in [1.82, 2.24) is 10.2 Å². The third-order valence-electron chi connectivity index (χ3n) is 6.37. The van der Waals surface area contributed by atoms with E-state index in [2.05, 4.69) is 15.4 Å². The van der Waals surface area contributed by atoms with Crippen molar-refractivity contribution in [3.63, 3.8) is 0 Å². The minimum Gasteiger partial charge on any atom is -0.506 e. The fraction of sp³-hybridized carbons (Fsp3) is 0.345. The molecule has 0 aliphatic rings. The zero-order valence-electron chi connectivity index (χ0n) is 23.8. The van der Waals surface area contributed by atoms with E-state index in [1.54, 1.807) is 56.5 Å². The summed E-state index contributed by atoms with van der Waals surface area (Å²) in [6.45, 7) is 2.85. The minimum absolute atomic E-state index is 0.0626. The van der Waals surface area contributed by atoms with Gasteiger partial charge < -0.3 is 29.9 Å². The largest absolute Gasteiger partial charge is 0.506 e. The summed E-state index contributed by atoms with van der Waals surface area (Å²) in [6.07, 6.45) is -0.184. The molecule has 0 aromatic heterocycles. The fourth-order valence-corrected chi connectivity index (χ4v) is 4.53. The van der Waals surface area contributed by atoms with E-state index in [9.17, 15) is 23.4 Å². The van der Waals surface area contributed by atoms with E-state index in [4.69, 9.17) is 9.47 Å². The first-order valence-electron chi connectivity index (χ1n) is 12.9. The van der Waals surface area contributed by atoms with Crippen LogP contribution in [-0.2, 0) is 20.4 Å². The average Bonchev–Trinajstić information content (AvgIpc) is 2.92. The molecule has 5 N–H and O–H groups in total. The van der Waals surface area contributed by atoms with Crippen molar-refractivity contribution < 1.29 is 32.9 Å². The number of likely N-dealkylation sites (N-methyl/N-ethyl adjacent to an activating group) is 1. The molecule has 0 spiro atoms. The summed E-state index contributed by atoms with van der Waals surface area (Å²) in [7, 11) is 1.81. The number of hydrogen-bond acceptors (Lipinski definition) is 9. The summed E-state index contributed by atoms with van der Waals surface area (Å²) in [4.78, 5) is 15.8. The van der Waals surface area contributed by atoms with Crippen LogP contribution in [0.2, 0.25) is 0 Å². The van der Waals surface area contributed by atoms with Gasteiger partial charge in [0, 0.05) is 24.8 Å². The van der Waals surface area contributed by atoms with Gasteiger partial charge in [-0.25, -0.2) is 8.42 Å². The van der Waals surface area contributed by atoms with Gasteiger partial charge in [-0.05, 0) is 68.5 Å². The Balaban J connectivity index is 1.83. The summed E-state index contributed by atoms with van der Waals surface area (Å²) in [5, 5.41) is 27.1. The molecule has 0 aliphatic carbocycles. The number of rotatable bonds is 14. The molecule has 3 aromatic rings. The van der Waals surface area contributed by atoms with Gasteiger partial charge in [0.15, 0.2) is 0 Å². The SMILES string of the molecule is COc1ccc([C@](C)(NCC(O)c2ccc(O)c(NS(C)(=O)=O)c2)C(=O)Nc2cccc(OCCN(C)C)c2)cc1. The Morgan fingerprint density at radius 3 is 2.39 bits per heavy atom. The molecule has 0 saturated heterocycles. The molecule has 3 rings (SSSR count). The van der Waals surface area contributed by atoms with Crippen LogP contribution in [0.3, 0.4) is 0 Å². The van der Waals surface area contributed by atoms with Crippen LogP contribution >= 0.6 is 0 Å². The number of carbonyl (C=O) groups excluding carboxylic acids is 1. The molecule has 1 amide bonds. The van der Waals surface area contributed by atoms with Gasteiger partial charge in [-0.1, -0.05) is 24.3 Å². The third kappa shape index (κ3) is 9.08. The molecule has 12 heteroatoms. The zero-order valence-corrected chi connectivity index (χ0v) is 24.7. The number of aromatic hydroxyl groups is 1. The van der Waals surface area contributed by atoms with E-state index in [-0.39, 0.29) is 23.9 Å². The summed E-state index contributed by atoms with van der Waals surface area (Å²) in [5.74, 6) is 0.569. The fourth-order valence-electron chi connectivity index (χ4n) is 3.96. The Bertz CT molecular complexity index is 1430. The number of phenols is 1. The first-order chi connectivity index (χ1) is 19.3. The van der Waals surface area contributed by atoms with Crippen molar-refractivity contribution >= 4 is 27.3 Å². The maximum absolute atomic E-state index is 13.8. The molecule has 2 atom stereocenters. The smallest absolute Gasteiger partial charge is 0.249 e. The van der Waals surface area contributed by atoms with Gasteiger partial charge in [-0.15, -0.1) is 0 Å². The highest BCUT2D eigenvalue weighted by Gasteiger charge is 2.36. The molecule has 0 aliphatic heterocycles. The van der Waals surface area contributed by atoms with E-state index < -0.39 is 21.7 Å². The molecule has 0 fully saturated rings. The Morgan fingerprint density at radius 1 is 1.05 bits per heavy atom. The maximum Gasteiger partial charge on any atom is 0.249 e. The number of nitrogens with one attached hydrogen (secondary N) is 3. The predicted molar refractivity (Wildman–Crippen MR) is 159 cm³/mol. The highest BCUT2D eigenvalue weighted by Crippen LogP contribution is 2.30. The van der Waals surface area contributed by atoms with Crippen LogP contribution in [0.25, 0.3) is 0 Å². The van der Waals surface area contributed by atoms with E-state index in [1.165, 1.54) is 18.2 Å². The number of sulfonamides is 1. The lowest BCUT2D eigenvalue weighted by Gasteiger charge is -2.31. The van der Waals surface area contributed by atoms with Crippen molar-refractivity contribution in [2.24, 2.45) is 0 Å². The Kier molecular flexibility index (Phi) is 10.6. The summed E-state index contributed by atoms with van der Waals surface area (Å²) >= 11 is 0. The number of phenolic OH excluding ortho intramolecular Hbond substituents is 1. The lowest BCUT2D eigenvalue weighted by molar-refractivity contribution is -0.122. The van der Waals surface area contributed by atoms with Crippen LogP contribution < -0.4 is 24.8 Å². The number of nitrogens with zero attached hydrogens (tertiary/aromatic N) is 1. The Morgan fingerprint density at radius 2 is 1.76 bits per heavy atom. The van der Waals surface area contributed by atoms with Gasteiger partial charge in [-0.2, -0.15) is 0 Å². The van der Waals surface area contributed by atoms with Crippen LogP contribution in [-0.4, -0.2) is 76.6 Å². The highest BCUT2D eigenvalue weighted by molar-refractivity contribution is 7.92. The van der Waals surface area contributed by atoms with Crippen LogP contribution in [0.1, 0.15) is 24.2 Å². The van der Waals surface area contributed by atoms with E-state index >= 15 is 0 Å². The molecule has 0 radical (unpaired) electrons. The summed E-state index contributed by atoms with van der Waals surface area (Å²) < 4.78 is 36.6. The molecule has 222 valence electrons. The second-order valence-corrected chi connectivity index (χ2v) is 11.8. The number of methoxy groups -OCH3 is 1. The Labute approximate surface area is 241 Å². The third-order valence-corrected chi connectivity index (χ3v) is 6.96. The van der Waals surface area contributed by atoms with Crippen LogP contribution in [0.4, 0.5) is 11.4 Å². The first-order valence-corrected chi connectivity index (χ1v) is 14.8. The van der Waals surface area contributed by atoms with Gasteiger partial charge in [0.1, 0.15) is 29.4 Å². The number of carbonyl (C=O) groups is 1. The van der Waals surface area contributed by atoms with Crippen LogP contribution in [0, 0.1) is 0 Å². The standard InChI is InChI=1S/C29H38N4O7S/c1-29(21-10-12-23(39-4)13-11-21,28(36)31-22-7-6-8-24(18-22)40-16-15-33(2)3)30-19-27(35)20-9-14-26(34)25(17-20)32-41(5,37)38/h6-14,17-18,27,30,32,34-35H,15-16,19H2,1-5H3,(H,31,36)/t27?,29-/m0/s1. The van der Waals surface area contributed by atoms with Crippen molar-refractivity contribution in [2.75, 3.05) is 57.2 Å². The van der Waals surface area contributed by atoms with Crippen molar-refractivity contribution in [2.45, 2.75) is 18.6 Å². The van der Waals surface area contributed by atoms with Gasteiger partial charge in [0.05, 0.1) is 25.2 Å². The second kappa shape index (κ2) is 13.7. The van der Waals surface area contributed by atoms with E-state index in [0.29, 0.717) is 34.9 Å². The van der Waals surface area contributed by atoms with Crippen LogP contribution in [0.15, 0.2) is 66.7 Å². The number of hydrogen-bond donors (Lipinski definition) is 5.